The molecule has 2 rings (SSSR count). The van der Waals surface area contributed by atoms with E-state index in [0.29, 0.717) is 5.02 Å². The van der Waals surface area contributed by atoms with E-state index in [1.165, 1.54) is 24.3 Å². The molecule has 0 amide bonds. The molecule has 8 heteroatoms. The molecule has 20 heavy (non-hydrogen) atoms. The van der Waals surface area contributed by atoms with Crippen LogP contribution < -0.4 is 4.72 Å². The number of rotatable bonds is 3. The molecule has 2 aromatic carbocycles. The summed E-state index contributed by atoms with van der Waals surface area (Å²) in [5.41, 5.74) is 0.0722. The maximum absolute atomic E-state index is 13.1. The molecule has 0 heterocycles. The summed E-state index contributed by atoms with van der Waals surface area (Å²) in [5, 5.41) is 0.374. The van der Waals surface area contributed by atoms with Gasteiger partial charge < -0.3 is 0 Å². The topological polar surface area (TPSA) is 46.2 Å². The van der Waals surface area contributed by atoms with Crippen molar-refractivity contribution < 1.29 is 12.8 Å². The van der Waals surface area contributed by atoms with E-state index in [4.69, 9.17) is 23.2 Å². The molecule has 1 N–H and O–H groups in total. The lowest BCUT2D eigenvalue weighted by atomic mass is 10.3. The van der Waals surface area contributed by atoms with Crippen molar-refractivity contribution in [2.24, 2.45) is 0 Å². The second kappa shape index (κ2) is 5.89. The predicted octanol–water partition coefficient (Wildman–Crippen LogP) is 4.70. The molecule has 0 spiro atoms. The summed E-state index contributed by atoms with van der Waals surface area (Å²) >= 11 is 14.6. The van der Waals surface area contributed by atoms with E-state index in [2.05, 4.69) is 20.7 Å². The van der Waals surface area contributed by atoms with Crippen molar-refractivity contribution in [2.75, 3.05) is 4.72 Å². The highest BCUT2D eigenvalue weighted by Crippen LogP contribution is 2.33. The fourth-order valence-electron chi connectivity index (χ4n) is 1.45. The van der Waals surface area contributed by atoms with Gasteiger partial charge in [-0.3, -0.25) is 4.72 Å². The Morgan fingerprint density at radius 2 is 1.70 bits per heavy atom. The number of sulfonamides is 1. The molecule has 0 atom stereocenters. The van der Waals surface area contributed by atoms with Crippen LogP contribution in [-0.2, 0) is 10.0 Å². The monoisotopic (exact) mass is 397 g/mol. The number of anilines is 1. The van der Waals surface area contributed by atoms with Crippen molar-refractivity contribution in [3.05, 3.63) is 56.7 Å². The third kappa shape index (κ3) is 3.44. The van der Waals surface area contributed by atoms with E-state index in [1.807, 2.05) is 0 Å². The SMILES string of the molecule is O=S(=O)(Nc1c(Cl)cc(F)cc1Br)c1ccc(Cl)cc1. The second-order valence-electron chi connectivity index (χ2n) is 3.80. The van der Waals surface area contributed by atoms with Crippen LogP contribution in [0.25, 0.3) is 0 Å². The van der Waals surface area contributed by atoms with Crippen LogP contribution in [0.4, 0.5) is 10.1 Å². The van der Waals surface area contributed by atoms with Crippen LogP contribution in [0.3, 0.4) is 0 Å². The molecule has 0 unspecified atom stereocenters. The van der Waals surface area contributed by atoms with E-state index < -0.39 is 15.8 Å². The molecular weight excluding hydrogens is 392 g/mol. The molecule has 3 nitrogen and oxygen atoms in total. The van der Waals surface area contributed by atoms with Crippen molar-refractivity contribution in [3.8, 4) is 0 Å². The summed E-state index contributed by atoms with van der Waals surface area (Å²) in [4.78, 5) is 0.0224. The van der Waals surface area contributed by atoms with E-state index in [0.717, 1.165) is 12.1 Å². The zero-order chi connectivity index (χ0) is 14.9. The molecule has 0 saturated carbocycles. The van der Waals surface area contributed by atoms with E-state index in [1.54, 1.807) is 0 Å². The van der Waals surface area contributed by atoms with E-state index >= 15 is 0 Å². The van der Waals surface area contributed by atoms with E-state index in [-0.39, 0.29) is 20.1 Å². The Balaban J connectivity index is 2.41. The van der Waals surface area contributed by atoms with Crippen LogP contribution in [0.5, 0.6) is 0 Å². The van der Waals surface area contributed by atoms with E-state index in [9.17, 15) is 12.8 Å². The van der Waals surface area contributed by atoms with Crippen molar-refractivity contribution >= 4 is 54.8 Å². The van der Waals surface area contributed by atoms with Crippen molar-refractivity contribution in [3.63, 3.8) is 0 Å². The summed E-state index contributed by atoms with van der Waals surface area (Å²) in [6.07, 6.45) is 0. The van der Waals surface area contributed by atoms with Crippen LogP contribution in [0.1, 0.15) is 0 Å². The first kappa shape index (κ1) is 15.6. The number of nitrogens with one attached hydrogen (secondary N) is 1. The minimum Gasteiger partial charge on any atom is -0.277 e. The van der Waals surface area contributed by atoms with Gasteiger partial charge in [-0.2, -0.15) is 0 Å². The lowest BCUT2D eigenvalue weighted by Crippen LogP contribution is -2.13. The van der Waals surface area contributed by atoms with Crippen molar-refractivity contribution in [2.45, 2.75) is 4.90 Å². The van der Waals surface area contributed by atoms with Gasteiger partial charge in [0.2, 0.25) is 0 Å². The molecular formula is C12H7BrCl2FNO2S. The Kier molecular flexibility index (Phi) is 4.59. The Morgan fingerprint density at radius 1 is 1.10 bits per heavy atom. The molecule has 2 aromatic rings. The van der Waals surface area contributed by atoms with Crippen LogP contribution >= 0.6 is 39.1 Å². The van der Waals surface area contributed by atoms with Gasteiger partial charge in [0.1, 0.15) is 5.82 Å². The lowest BCUT2D eigenvalue weighted by molar-refractivity contribution is 0.601. The highest BCUT2D eigenvalue weighted by atomic mass is 79.9. The Labute approximate surface area is 133 Å². The summed E-state index contributed by atoms with van der Waals surface area (Å²) in [6, 6.07) is 7.76. The molecule has 106 valence electrons. The highest BCUT2D eigenvalue weighted by molar-refractivity contribution is 9.10. The maximum atomic E-state index is 13.1. The van der Waals surface area contributed by atoms with Crippen molar-refractivity contribution in [1.82, 2.24) is 0 Å². The largest absolute Gasteiger partial charge is 0.277 e. The fourth-order valence-corrected chi connectivity index (χ4v) is 3.76. The number of hydrogen-bond acceptors (Lipinski definition) is 2. The summed E-state index contributed by atoms with van der Waals surface area (Å²) < 4.78 is 40.0. The average molecular weight is 399 g/mol. The van der Waals surface area contributed by atoms with Gasteiger partial charge in [-0.25, -0.2) is 12.8 Å². The van der Waals surface area contributed by atoms with Crippen LogP contribution in [0.2, 0.25) is 10.0 Å². The van der Waals surface area contributed by atoms with Gasteiger partial charge in [0, 0.05) is 9.50 Å². The first-order chi connectivity index (χ1) is 9.29. The maximum Gasteiger partial charge on any atom is 0.261 e. The Morgan fingerprint density at radius 3 is 2.25 bits per heavy atom. The average Bonchev–Trinajstić information content (AvgIpc) is 2.34. The lowest BCUT2D eigenvalue weighted by Gasteiger charge is -2.11. The third-order valence-corrected chi connectivity index (χ3v) is 4.91. The zero-order valence-corrected chi connectivity index (χ0v) is 13.6. The predicted molar refractivity (Wildman–Crippen MR) is 81.4 cm³/mol. The summed E-state index contributed by atoms with van der Waals surface area (Å²) in [5.74, 6) is -0.573. The minimum atomic E-state index is -3.83. The molecule has 0 aromatic heterocycles. The van der Waals surface area contributed by atoms with Crippen LogP contribution in [0, 0.1) is 5.82 Å². The first-order valence-corrected chi connectivity index (χ1v) is 8.26. The molecule has 0 aliphatic heterocycles. The zero-order valence-electron chi connectivity index (χ0n) is 9.70. The van der Waals surface area contributed by atoms with Gasteiger partial charge in [-0.15, -0.1) is 0 Å². The van der Waals surface area contributed by atoms with Crippen molar-refractivity contribution in [1.29, 1.82) is 0 Å². The van der Waals surface area contributed by atoms with Gasteiger partial charge in [0.05, 0.1) is 15.6 Å². The smallest absolute Gasteiger partial charge is 0.261 e. The van der Waals surface area contributed by atoms with Gasteiger partial charge in [0.25, 0.3) is 10.0 Å². The molecule has 0 aliphatic rings. The van der Waals surface area contributed by atoms with Gasteiger partial charge in [-0.1, -0.05) is 23.2 Å². The minimum absolute atomic E-state index is 0.0224. The number of hydrogen-bond donors (Lipinski definition) is 1. The quantitative estimate of drug-likeness (QED) is 0.814. The molecule has 0 bridgehead atoms. The summed E-state index contributed by atoms with van der Waals surface area (Å²) in [6.45, 7) is 0. The molecule has 0 fully saturated rings. The molecule has 0 saturated heterocycles. The van der Waals surface area contributed by atoms with Gasteiger partial charge in [-0.05, 0) is 52.3 Å². The summed E-state index contributed by atoms with van der Waals surface area (Å²) in [7, 11) is -3.83. The van der Waals surface area contributed by atoms with Crippen LogP contribution in [0.15, 0.2) is 45.8 Å². The number of halogens is 4. The highest BCUT2D eigenvalue weighted by Gasteiger charge is 2.18. The normalized spacial score (nSPS) is 11.4. The first-order valence-electron chi connectivity index (χ1n) is 5.22. The number of benzene rings is 2. The fraction of sp³-hybridized carbons (Fsp3) is 0. The third-order valence-electron chi connectivity index (χ3n) is 2.37. The standard InChI is InChI=1S/C12H7BrCl2FNO2S/c13-10-5-8(16)6-11(15)12(10)17-20(18,19)9-3-1-7(14)2-4-9/h1-6,17H. The molecule has 0 aliphatic carbocycles. The second-order valence-corrected chi connectivity index (χ2v) is 7.18. The Bertz CT molecular complexity index is 728. The van der Waals surface area contributed by atoms with Gasteiger partial charge in [0.15, 0.2) is 0 Å². The molecule has 0 radical (unpaired) electrons. The Hall–Kier alpha value is -0.820. The van der Waals surface area contributed by atoms with Crippen LogP contribution in [-0.4, -0.2) is 8.42 Å². The van der Waals surface area contributed by atoms with Gasteiger partial charge >= 0.3 is 0 Å².